The highest BCUT2D eigenvalue weighted by Crippen LogP contribution is 2.37. The number of anilines is 1. The summed E-state index contributed by atoms with van der Waals surface area (Å²) in [5.74, 6) is 0. The van der Waals surface area contributed by atoms with Crippen LogP contribution in [0.15, 0.2) is 65.3 Å². The topological polar surface area (TPSA) is 15.6 Å². The van der Waals surface area contributed by atoms with Gasteiger partial charge in [0.25, 0.3) is 0 Å². The molecule has 2 heteroatoms. The van der Waals surface area contributed by atoms with E-state index < -0.39 is 0 Å². The van der Waals surface area contributed by atoms with Gasteiger partial charge in [0.2, 0.25) is 0 Å². The van der Waals surface area contributed by atoms with Crippen molar-refractivity contribution in [1.29, 1.82) is 0 Å². The minimum Gasteiger partial charge on any atom is -0.344 e. The Labute approximate surface area is 118 Å². The molecule has 0 aromatic heterocycles. The second kappa shape index (κ2) is 4.20. The monoisotopic (exact) mass is 258 g/mol. The van der Waals surface area contributed by atoms with Crippen molar-refractivity contribution in [2.75, 3.05) is 11.9 Å². The van der Waals surface area contributed by atoms with Gasteiger partial charge in [-0.15, -0.1) is 0 Å². The maximum Gasteiger partial charge on any atom is 0.0709 e. The van der Waals surface area contributed by atoms with Gasteiger partial charge in [0.1, 0.15) is 0 Å². The van der Waals surface area contributed by atoms with E-state index in [1.54, 1.807) is 0 Å². The van der Waals surface area contributed by atoms with E-state index in [1.807, 2.05) is 12.3 Å². The normalized spacial score (nSPS) is 19.1. The number of nitrogens with zero attached hydrogens (tertiary/aromatic N) is 2. The Morgan fingerprint density at radius 1 is 0.900 bits per heavy atom. The van der Waals surface area contributed by atoms with Crippen LogP contribution in [0.2, 0.25) is 0 Å². The molecule has 2 aliphatic rings. The van der Waals surface area contributed by atoms with Gasteiger partial charge in [0, 0.05) is 30.1 Å². The highest BCUT2D eigenvalue weighted by molar-refractivity contribution is 6.18. The molecular weight excluding hydrogens is 244 g/mol. The summed E-state index contributed by atoms with van der Waals surface area (Å²) in [5, 5.41) is 0. The Balaban J connectivity index is 1.90. The van der Waals surface area contributed by atoms with Gasteiger partial charge in [-0.1, -0.05) is 42.5 Å². The maximum absolute atomic E-state index is 4.50. The molecule has 0 radical (unpaired) electrons. The van der Waals surface area contributed by atoms with Crippen LogP contribution < -0.4 is 4.90 Å². The first kappa shape index (κ1) is 11.2. The van der Waals surface area contributed by atoms with Crippen LogP contribution in [0.25, 0.3) is 11.6 Å². The average molecular weight is 258 g/mol. The van der Waals surface area contributed by atoms with Gasteiger partial charge >= 0.3 is 0 Å². The van der Waals surface area contributed by atoms with Gasteiger partial charge in [-0.25, -0.2) is 0 Å². The van der Waals surface area contributed by atoms with Gasteiger partial charge in [-0.2, -0.15) is 0 Å². The molecule has 2 aromatic rings. The summed E-state index contributed by atoms with van der Waals surface area (Å²) in [4.78, 5) is 6.74. The SMILES string of the molecule is CN1C(=C2C=Nc3ccccc32)C=Cc2ccccc21. The highest BCUT2D eigenvalue weighted by Gasteiger charge is 2.20. The molecule has 0 atom stereocenters. The van der Waals surface area contributed by atoms with Crippen molar-refractivity contribution in [2.24, 2.45) is 4.99 Å². The summed E-state index contributed by atoms with van der Waals surface area (Å²) in [7, 11) is 2.11. The number of fused-ring (bicyclic) bond motifs is 2. The summed E-state index contributed by atoms with van der Waals surface area (Å²) < 4.78 is 0. The molecule has 96 valence electrons. The van der Waals surface area contributed by atoms with E-state index in [4.69, 9.17) is 0 Å². The van der Waals surface area contributed by atoms with Crippen LogP contribution in [0.3, 0.4) is 0 Å². The van der Waals surface area contributed by atoms with Crippen LogP contribution in [0.1, 0.15) is 11.1 Å². The molecule has 2 aromatic carbocycles. The molecule has 0 aliphatic carbocycles. The van der Waals surface area contributed by atoms with Crippen molar-refractivity contribution in [1.82, 2.24) is 0 Å². The van der Waals surface area contributed by atoms with Crippen LogP contribution in [-0.4, -0.2) is 13.3 Å². The van der Waals surface area contributed by atoms with Crippen LogP contribution in [0, 0.1) is 0 Å². The molecule has 0 amide bonds. The van der Waals surface area contributed by atoms with Crippen molar-refractivity contribution in [2.45, 2.75) is 0 Å². The number of hydrogen-bond acceptors (Lipinski definition) is 2. The molecule has 0 bridgehead atoms. The van der Waals surface area contributed by atoms with Crippen LogP contribution in [-0.2, 0) is 0 Å². The van der Waals surface area contributed by atoms with Crippen molar-refractivity contribution < 1.29 is 0 Å². The summed E-state index contributed by atoms with van der Waals surface area (Å²) >= 11 is 0. The highest BCUT2D eigenvalue weighted by atomic mass is 15.1. The molecule has 0 spiro atoms. The predicted molar refractivity (Wildman–Crippen MR) is 85.4 cm³/mol. The molecule has 0 saturated carbocycles. The number of allylic oxidation sites excluding steroid dienone is 2. The van der Waals surface area contributed by atoms with E-state index in [-0.39, 0.29) is 0 Å². The van der Waals surface area contributed by atoms with Gasteiger partial charge in [0.05, 0.1) is 11.4 Å². The first-order chi connectivity index (χ1) is 9.84. The summed E-state index contributed by atoms with van der Waals surface area (Å²) in [5.41, 5.74) is 7.12. The summed E-state index contributed by atoms with van der Waals surface area (Å²) in [6, 6.07) is 16.7. The lowest BCUT2D eigenvalue weighted by molar-refractivity contribution is 1.13. The van der Waals surface area contributed by atoms with Crippen molar-refractivity contribution >= 4 is 29.2 Å². The third-order valence-electron chi connectivity index (χ3n) is 3.88. The molecule has 2 aliphatic heterocycles. The largest absolute Gasteiger partial charge is 0.344 e. The zero-order valence-corrected chi connectivity index (χ0v) is 11.2. The molecule has 0 saturated heterocycles. The fraction of sp³-hybridized carbons (Fsp3) is 0.0556. The molecule has 4 rings (SSSR count). The fourth-order valence-corrected chi connectivity index (χ4v) is 2.84. The fourth-order valence-electron chi connectivity index (χ4n) is 2.84. The number of para-hydroxylation sites is 2. The molecule has 2 heterocycles. The Kier molecular flexibility index (Phi) is 2.36. The Morgan fingerprint density at radius 3 is 2.65 bits per heavy atom. The average Bonchev–Trinajstić information content (AvgIpc) is 2.92. The second-order valence-electron chi connectivity index (χ2n) is 5.03. The number of rotatable bonds is 0. The van der Waals surface area contributed by atoms with Crippen molar-refractivity contribution in [3.05, 3.63) is 71.4 Å². The molecule has 0 fully saturated rings. The molecule has 0 unspecified atom stereocenters. The van der Waals surface area contributed by atoms with Gasteiger partial charge in [-0.05, 0) is 23.8 Å². The second-order valence-corrected chi connectivity index (χ2v) is 5.03. The lowest BCUT2D eigenvalue weighted by Crippen LogP contribution is -2.20. The summed E-state index contributed by atoms with van der Waals surface area (Å²) in [6.07, 6.45) is 6.31. The van der Waals surface area contributed by atoms with E-state index in [0.717, 1.165) is 5.69 Å². The zero-order valence-electron chi connectivity index (χ0n) is 11.2. The smallest absolute Gasteiger partial charge is 0.0709 e. The number of hydrogen-bond donors (Lipinski definition) is 0. The molecular formula is C18H14N2. The minimum atomic E-state index is 1.05. The number of benzene rings is 2. The first-order valence-corrected chi connectivity index (χ1v) is 6.73. The molecule has 20 heavy (non-hydrogen) atoms. The minimum absolute atomic E-state index is 1.05. The van der Waals surface area contributed by atoms with E-state index in [2.05, 4.69) is 71.6 Å². The third-order valence-corrected chi connectivity index (χ3v) is 3.88. The Hall–Kier alpha value is -2.61. The van der Waals surface area contributed by atoms with E-state index >= 15 is 0 Å². The van der Waals surface area contributed by atoms with E-state index in [9.17, 15) is 0 Å². The zero-order chi connectivity index (χ0) is 13.5. The first-order valence-electron chi connectivity index (χ1n) is 6.73. The van der Waals surface area contributed by atoms with Crippen molar-refractivity contribution in [3.8, 4) is 0 Å². The predicted octanol–water partition coefficient (Wildman–Crippen LogP) is 4.28. The van der Waals surface area contributed by atoms with Crippen molar-refractivity contribution in [3.63, 3.8) is 0 Å². The van der Waals surface area contributed by atoms with Crippen LogP contribution in [0.5, 0.6) is 0 Å². The molecule has 0 N–H and O–H groups in total. The quantitative estimate of drug-likeness (QED) is 0.688. The summed E-state index contributed by atoms with van der Waals surface area (Å²) in [6.45, 7) is 0. The lowest BCUT2D eigenvalue weighted by Gasteiger charge is -2.27. The van der Waals surface area contributed by atoms with Gasteiger partial charge in [-0.3, -0.25) is 4.99 Å². The lowest BCUT2D eigenvalue weighted by atomic mass is 10.00. The van der Waals surface area contributed by atoms with E-state index in [1.165, 1.54) is 28.1 Å². The molecule has 2 nitrogen and oxygen atoms in total. The van der Waals surface area contributed by atoms with Crippen LogP contribution >= 0.6 is 0 Å². The standard InChI is InChI=1S/C18H14N2/c1-20-17-9-5-2-6-13(17)10-11-18(20)15-12-19-16-8-4-3-7-14(15)16/h2-12H,1H3. The number of likely N-dealkylation sites (N-methyl/N-ethyl adjacent to an activating group) is 1. The van der Waals surface area contributed by atoms with E-state index in [0.29, 0.717) is 0 Å². The Morgan fingerprint density at radius 2 is 1.70 bits per heavy atom. The van der Waals surface area contributed by atoms with Gasteiger partial charge in [0.15, 0.2) is 0 Å². The van der Waals surface area contributed by atoms with Crippen LogP contribution in [0.4, 0.5) is 11.4 Å². The van der Waals surface area contributed by atoms with Gasteiger partial charge < -0.3 is 4.90 Å². The number of aliphatic imine (C=N–C) groups is 1. The Bertz CT molecular complexity index is 782. The third kappa shape index (κ3) is 1.55. The maximum atomic E-state index is 4.50.